The van der Waals surface area contributed by atoms with Gasteiger partial charge in [0, 0.05) is 0 Å². The van der Waals surface area contributed by atoms with Gasteiger partial charge >= 0.3 is 0 Å². The second-order valence-corrected chi connectivity index (χ2v) is 4.47. The molecule has 0 aromatic carbocycles. The molecule has 1 heteroatoms. The Morgan fingerprint density at radius 2 is 2.50 bits per heavy atom. The molecule has 10 heavy (non-hydrogen) atoms. The zero-order valence-electron chi connectivity index (χ0n) is 6.57. The molecule has 0 heterocycles. The van der Waals surface area contributed by atoms with Gasteiger partial charge in [0.2, 0.25) is 0 Å². The van der Waals surface area contributed by atoms with E-state index in [9.17, 15) is 0 Å². The summed E-state index contributed by atoms with van der Waals surface area (Å²) in [5, 5.41) is 0. The molecule has 0 amide bonds. The molecule has 1 unspecified atom stereocenters. The maximum absolute atomic E-state index is 2.46. The van der Waals surface area contributed by atoms with Crippen molar-refractivity contribution >= 4 is 22.6 Å². The van der Waals surface area contributed by atoms with Crippen LogP contribution in [0.5, 0.6) is 0 Å². The fourth-order valence-electron chi connectivity index (χ4n) is 1.53. The molecule has 0 nitrogen and oxygen atoms in total. The lowest BCUT2D eigenvalue weighted by molar-refractivity contribution is 0.439. The van der Waals surface area contributed by atoms with E-state index in [4.69, 9.17) is 0 Å². The fourth-order valence-corrected chi connectivity index (χ4v) is 2.09. The normalized spacial score (nSPS) is 26.2. The molecule has 1 rings (SSSR count). The highest BCUT2D eigenvalue weighted by atomic mass is 127. The molecule has 0 saturated carbocycles. The van der Waals surface area contributed by atoms with E-state index in [2.05, 4.69) is 35.6 Å². The van der Waals surface area contributed by atoms with Gasteiger partial charge in [0.1, 0.15) is 0 Å². The average Bonchev–Trinajstić information content (AvgIpc) is 1.95. The Balaban J connectivity index is 2.27. The van der Waals surface area contributed by atoms with Crippen molar-refractivity contribution < 1.29 is 0 Å². The summed E-state index contributed by atoms with van der Waals surface area (Å²) >= 11 is 2.46. The SMILES string of the molecule is CCCC1CC=C(I)CC1. The van der Waals surface area contributed by atoms with Crippen LogP contribution in [0.1, 0.15) is 39.0 Å². The summed E-state index contributed by atoms with van der Waals surface area (Å²) in [5.74, 6) is 1.00. The van der Waals surface area contributed by atoms with Crippen molar-refractivity contribution in [2.45, 2.75) is 39.0 Å². The van der Waals surface area contributed by atoms with Gasteiger partial charge in [-0.2, -0.15) is 0 Å². The predicted octanol–water partition coefficient (Wildman–Crippen LogP) is 3.91. The lowest BCUT2D eigenvalue weighted by atomic mass is 9.91. The first-order chi connectivity index (χ1) is 4.83. The summed E-state index contributed by atoms with van der Waals surface area (Å²) < 4.78 is 1.57. The first-order valence-corrected chi connectivity index (χ1v) is 5.25. The zero-order valence-corrected chi connectivity index (χ0v) is 8.73. The lowest BCUT2D eigenvalue weighted by Gasteiger charge is -2.18. The number of hydrogen-bond donors (Lipinski definition) is 0. The molecule has 0 aromatic heterocycles. The van der Waals surface area contributed by atoms with Gasteiger partial charge in [-0.15, -0.1) is 0 Å². The van der Waals surface area contributed by atoms with Crippen molar-refractivity contribution in [2.24, 2.45) is 5.92 Å². The minimum Gasteiger partial charge on any atom is -0.0750 e. The highest BCUT2D eigenvalue weighted by molar-refractivity contribution is 14.1. The quantitative estimate of drug-likeness (QED) is 0.652. The van der Waals surface area contributed by atoms with Crippen molar-refractivity contribution in [3.8, 4) is 0 Å². The van der Waals surface area contributed by atoms with Crippen LogP contribution in [-0.2, 0) is 0 Å². The van der Waals surface area contributed by atoms with Crippen LogP contribution in [0.15, 0.2) is 9.66 Å². The summed E-state index contributed by atoms with van der Waals surface area (Å²) in [6, 6.07) is 0. The van der Waals surface area contributed by atoms with Crippen LogP contribution in [0.3, 0.4) is 0 Å². The number of halogens is 1. The van der Waals surface area contributed by atoms with E-state index >= 15 is 0 Å². The minimum absolute atomic E-state index is 1.00. The maximum atomic E-state index is 2.46. The van der Waals surface area contributed by atoms with Gasteiger partial charge in [0.05, 0.1) is 0 Å². The molecule has 0 N–H and O–H groups in total. The smallest absolute Gasteiger partial charge is 0.0134 e. The molecule has 0 fully saturated rings. The molecule has 0 radical (unpaired) electrons. The molecule has 1 aliphatic rings. The average molecular weight is 250 g/mol. The summed E-state index contributed by atoms with van der Waals surface area (Å²) in [5.41, 5.74) is 0. The van der Waals surface area contributed by atoms with Crippen LogP contribution >= 0.6 is 22.6 Å². The highest BCUT2D eigenvalue weighted by Gasteiger charge is 2.11. The molecule has 1 aliphatic carbocycles. The van der Waals surface area contributed by atoms with E-state index < -0.39 is 0 Å². The third-order valence-electron chi connectivity index (χ3n) is 2.16. The van der Waals surface area contributed by atoms with Gasteiger partial charge in [-0.05, 0) is 51.4 Å². The van der Waals surface area contributed by atoms with E-state index in [0.29, 0.717) is 0 Å². The van der Waals surface area contributed by atoms with Gasteiger partial charge < -0.3 is 0 Å². The van der Waals surface area contributed by atoms with Crippen molar-refractivity contribution in [1.29, 1.82) is 0 Å². The molecular formula is C9H15I. The lowest BCUT2D eigenvalue weighted by Crippen LogP contribution is -2.02. The Morgan fingerprint density at radius 3 is 3.00 bits per heavy atom. The van der Waals surface area contributed by atoms with Crippen LogP contribution in [0.2, 0.25) is 0 Å². The third kappa shape index (κ3) is 2.60. The van der Waals surface area contributed by atoms with Crippen LogP contribution in [0, 0.1) is 5.92 Å². The van der Waals surface area contributed by atoms with Crippen LogP contribution in [0.25, 0.3) is 0 Å². The molecule has 0 saturated heterocycles. The summed E-state index contributed by atoms with van der Waals surface area (Å²) in [6.07, 6.45) is 9.31. The standard InChI is InChI=1S/C9H15I/c1-2-3-8-4-6-9(10)7-5-8/h6,8H,2-5,7H2,1H3. The van der Waals surface area contributed by atoms with Crippen LogP contribution in [0.4, 0.5) is 0 Å². The molecule has 58 valence electrons. The number of hydrogen-bond acceptors (Lipinski definition) is 0. The van der Waals surface area contributed by atoms with Crippen molar-refractivity contribution in [3.05, 3.63) is 9.66 Å². The Bertz CT molecular complexity index is 127. The summed E-state index contributed by atoms with van der Waals surface area (Å²) in [6.45, 7) is 2.28. The van der Waals surface area contributed by atoms with Gasteiger partial charge in [-0.3, -0.25) is 0 Å². The second-order valence-electron chi connectivity index (χ2n) is 3.08. The Kier molecular flexibility index (Phi) is 3.74. The second kappa shape index (κ2) is 4.37. The van der Waals surface area contributed by atoms with Crippen molar-refractivity contribution in [3.63, 3.8) is 0 Å². The molecule has 0 bridgehead atoms. The van der Waals surface area contributed by atoms with Gasteiger partial charge in [-0.1, -0.05) is 25.8 Å². The van der Waals surface area contributed by atoms with E-state index in [1.807, 2.05) is 0 Å². The van der Waals surface area contributed by atoms with Crippen molar-refractivity contribution in [2.75, 3.05) is 0 Å². The van der Waals surface area contributed by atoms with Crippen molar-refractivity contribution in [1.82, 2.24) is 0 Å². The molecule has 0 spiro atoms. The van der Waals surface area contributed by atoms with E-state index in [-0.39, 0.29) is 0 Å². The molecular weight excluding hydrogens is 235 g/mol. The Labute approximate surface area is 77.2 Å². The molecule has 0 aliphatic heterocycles. The largest absolute Gasteiger partial charge is 0.0750 e. The number of allylic oxidation sites excluding steroid dienone is 2. The Hall–Kier alpha value is 0.470. The zero-order chi connectivity index (χ0) is 7.40. The highest BCUT2D eigenvalue weighted by Crippen LogP contribution is 2.29. The monoisotopic (exact) mass is 250 g/mol. The van der Waals surface area contributed by atoms with E-state index in [1.54, 1.807) is 3.58 Å². The third-order valence-corrected chi connectivity index (χ3v) is 3.14. The van der Waals surface area contributed by atoms with E-state index in [0.717, 1.165) is 5.92 Å². The van der Waals surface area contributed by atoms with Gasteiger partial charge in [-0.25, -0.2) is 0 Å². The van der Waals surface area contributed by atoms with Gasteiger partial charge in [0.25, 0.3) is 0 Å². The Morgan fingerprint density at radius 1 is 1.70 bits per heavy atom. The minimum atomic E-state index is 1.00. The van der Waals surface area contributed by atoms with Crippen LogP contribution < -0.4 is 0 Å². The number of rotatable bonds is 2. The fraction of sp³-hybridized carbons (Fsp3) is 0.778. The summed E-state index contributed by atoms with van der Waals surface area (Å²) in [7, 11) is 0. The first kappa shape index (κ1) is 8.57. The summed E-state index contributed by atoms with van der Waals surface area (Å²) in [4.78, 5) is 0. The molecule has 0 aromatic rings. The molecule has 1 atom stereocenters. The predicted molar refractivity (Wildman–Crippen MR) is 54.4 cm³/mol. The van der Waals surface area contributed by atoms with Gasteiger partial charge in [0.15, 0.2) is 0 Å². The maximum Gasteiger partial charge on any atom is -0.0134 e. The van der Waals surface area contributed by atoms with Crippen LogP contribution in [-0.4, -0.2) is 0 Å². The first-order valence-electron chi connectivity index (χ1n) is 4.17. The van der Waals surface area contributed by atoms with E-state index in [1.165, 1.54) is 32.1 Å². The topological polar surface area (TPSA) is 0 Å².